The van der Waals surface area contributed by atoms with Crippen LogP contribution in [0.4, 0.5) is 0 Å². The van der Waals surface area contributed by atoms with E-state index in [2.05, 4.69) is 32.6 Å². The monoisotopic (exact) mass is 346 g/mol. The van der Waals surface area contributed by atoms with Gasteiger partial charge in [0.05, 0.1) is 9.26 Å². The van der Waals surface area contributed by atoms with Crippen molar-refractivity contribution < 1.29 is 0 Å². The van der Waals surface area contributed by atoms with E-state index in [1.807, 2.05) is 30.7 Å². The largest absolute Gasteiger partial charge is 0.306 e. The Bertz CT molecular complexity index is 546. The summed E-state index contributed by atoms with van der Waals surface area (Å²) in [5.41, 5.74) is 1.78. The standard InChI is InChI=1S/C11H11IN2OS/c1-6(2)9-8(12)11(15)14-10(13-9)7-3-4-16-5-7/h3-6H,1-2H3,(H,13,14,15). The van der Waals surface area contributed by atoms with Crippen molar-refractivity contribution in [3.63, 3.8) is 0 Å². The summed E-state index contributed by atoms with van der Waals surface area (Å²) in [7, 11) is 0. The van der Waals surface area contributed by atoms with Crippen LogP contribution in [0.1, 0.15) is 25.5 Å². The Morgan fingerprint density at radius 1 is 1.50 bits per heavy atom. The maximum atomic E-state index is 11.8. The number of hydrogen-bond acceptors (Lipinski definition) is 3. The number of hydrogen-bond donors (Lipinski definition) is 1. The number of rotatable bonds is 2. The zero-order valence-corrected chi connectivity index (χ0v) is 11.9. The summed E-state index contributed by atoms with van der Waals surface area (Å²) < 4.78 is 0.687. The molecule has 0 fully saturated rings. The molecule has 3 nitrogen and oxygen atoms in total. The van der Waals surface area contributed by atoms with Gasteiger partial charge in [0.1, 0.15) is 5.82 Å². The first-order valence-corrected chi connectivity index (χ1v) is 6.94. The van der Waals surface area contributed by atoms with Crippen LogP contribution < -0.4 is 5.56 Å². The van der Waals surface area contributed by atoms with Crippen LogP contribution in [0.15, 0.2) is 21.6 Å². The summed E-state index contributed by atoms with van der Waals surface area (Å²) in [6.45, 7) is 4.09. The lowest BCUT2D eigenvalue weighted by Crippen LogP contribution is -2.16. The first-order chi connectivity index (χ1) is 7.59. The molecule has 0 saturated carbocycles. The Morgan fingerprint density at radius 2 is 2.25 bits per heavy atom. The predicted molar refractivity (Wildman–Crippen MR) is 75.0 cm³/mol. The molecule has 0 amide bonds. The summed E-state index contributed by atoms with van der Waals surface area (Å²) >= 11 is 3.65. The predicted octanol–water partition coefficient (Wildman–Crippen LogP) is 3.23. The smallest absolute Gasteiger partial charge is 0.264 e. The van der Waals surface area contributed by atoms with Gasteiger partial charge in [-0.2, -0.15) is 11.3 Å². The third-order valence-electron chi connectivity index (χ3n) is 2.23. The van der Waals surface area contributed by atoms with Gasteiger partial charge < -0.3 is 4.98 Å². The van der Waals surface area contributed by atoms with Crippen molar-refractivity contribution in [1.82, 2.24) is 9.97 Å². The number of halogens is 1. The highest BCUT2D eigenvalue weighted by molar-refractivity contribution is 14.1. The number of nitrogens with one attached hydrogen (secondary N) is 1. The Hall–Kier alpha value is -0.690. The van der Waals surface area contributed by atoms with Gasteiger partial charge in [0, 0.05) is 10.9 Å². The van der Waals surface area contributed by atoms with Gasteiger partial charge in [0.25, 0.3) is 5.56 Å². The molecule has 84 valence electrons. The van der Waals surface area contributed by atoms with Crippen molar-refractivity contribution in [2.45, 2.75) is 19.8 Å². The molecule has 16 heavy (non-hydrogen) atoms. The second-order valence-electron chi connectivity index (χ2n) is 3.78. The molecular formula is C11H11IN2OS. The Kier molecular flexibility index (Phi) is 3.44. The molecule has 0 aliphatic heterocycles. The minimum atomic E-state index is -0.0551. The molecule has 0 saturated heterocycles. The minimum Gasteiger partial charge on any atom is -0.306 e. The second-order valence-corrected chi connectivity index (χ2v) is 5.64. The van der Waals surface area contributed by atoms with Crippen LogP contribution in [0, 0.1) is 3.57 Å². The number of nitrogens with zero attached hydrogens (tertiary/aromatic N) is 1. The average molecular weight is 346 g/mol. The van der Waals surface area contributed by atoms with Crippen molar-refractivity contribution in [3.05, 3.63) is 36.4 Å². The molecule has 0 spiro atoms. The van der Waals surface area contributed by atoms with Gasteiger partial charge >= 0.3 is 0 Å². The van der Waals surface area contributed by atoms with E-state index in [0.29, 0.717) is 9.39 Å². The van der Waals surface area contributed by atoms with E-state index in [9.17, 15) is 4.79 Å². The van der Waals surface area contributed by atoms with Crippen LogP contribution >= 0.6 is 33.9 Å². The molecule has 5 heteroatoms. The fourth-order valence-electron chi connectivity index (χ4n) is 1.39. The molecule has 0 bridgehead atoms. The maximum Gasteiger partial charge on any atom is 0.264 e. The first-order valence-electron chi connectivity index (χ1n) is 4.92. The SMILES string of the molecule is CC(C)c1nc(-c2ccsc2)[nH]c(=O)c1I. The molecule has 0 radical (unpaired) electrons. The number of aromatic nitrogens is 2. The minimum absolute atomic E-state index is 0.0551. The molecule has 1 N–H and O–H groups in total. The molecule has 2 heterocycles. The fourth-order valence-corrected chi connectivity index (χ4v) is 2.91. The number of aromatic amines is 1. The van der Waals surface area contributed by atoms with Gasteiger partial charge in [0.15, 0.2) is 0 Å². The van der Waals surface area contributed by atoms with Crippen LogP contribution in [0.3, 0.4) is 0 Å². The van der Waals surface area contributed by atoms with Gasteiger partial charge in [-0.1, -0.05) is 13.8 Å². The Balaban J connectivity index is 2.62. The van der Waals surface area contributed by atoms with Crippen molar-refractivity contribution in [3.8, 4) is 11.4 Å². The third-order valence-corrected chi connectivity index (χ3v) is 3.96. The van der Waals surface area contributed by atoms with E-state index in [1.165, 1.54) is 0 Å². The summed E-state index contributed by atoms with van der Waals surface area (Å²) in [6.07, 6.45) is 0. The molecule has 0 aromatic carbocycles. The summed E-state index contributed by atoms with van der Waals surface area (Å²) in [5, 5.41) is 3.96. The van der Waals surface area contributed by atoms with Crippen molar-refractivity contribution in [1.29, 1.82) is 0 Å². The molecule has 0 aliphatic rings. The van der Waals surface area contributed by atoms with Crippen LogP contribution in [0.5, 0.6) is 0 Å². The molecule has 0 aliphatic carbocycles. The van der Waals surface area contributed by atoms with Crippen LogP contribution in [-0.2, 0) is 0 Å². The molecule has 2 rings (SSSR count). The van der Waals surface area contributed by atoms with Crippen molar-refractivity contribution in [2.24, 2.45) is 0 Å². The normalized spacial score (nSPS) is 11.0. The van der Waals surface area contributed by atoms with E-state index < -0.39 is 0 Å². The molecule has 0 unspecified atom stereocenters. The lowest BCUT2D eigenvalue weighted by molar-refractivity contribution is 0.802. The van der Waals surface area contributed by atoms with Crippen molar-refractivity contribution in [2.75, 3.05) is 0 Å². The molecule has 0 atom stereocenters. The highest BCUT2D eigenvalue weighted by atomic mass is 127. The fraction of sp³-hybridized carbons (Fsp3) is 0.273. The van der Waals surface area contributed by atoms with E-state index in [1.54, 1.807) is 11.3 Å². The lowest BCUT2D eigenvalue weighted by atomic mass is 10.1. The average Bonchev–Trinajstić information content (AvgIpc) is 2.74. The topological polar surface area (TPSA) is 45.8 Å². The first kappa shape index (κ1) is 11.8. The van der Waals surface area contributed by atoms with Gasteiger partial charge in [-0.3, -0.25) is 4.79 Å². The summed E-state index contributed by atoms with van der Waals surface area (Å²) in [6, 6.07) is 1.96. The maximum absolute atomic E-state index is 11.8. The van der Waals surface area contributed by atoms with Gasteiger partial charge in [0.2, 0.25) is 0 Å². The van der Waals surface area contributed by atoms with Gasteiger partial charge in [-0.05, 0) is 40.0 Å². The quantitative estimate of drug-likeness (QED) is 0.849. The Morgan fingerprint density at radius 3 is 2.81 bits per heavy atom. The van der Waals surface area contributed by atoms with Crippen molar-refractivity contribution >= 4 is 33.9 Å². The van der Waals surface area contributed by atoms with Gasteiger partial charge in [-0.15, -0.1) is 0 Å². The van der Waals surface area contributed by atoms with Crippen LogP contribution in [-0.4, -0.2) is 9.97 Å². The third kappa shape index (κ3) is 2.20. The van der Waals surface area contributed by atoms with Gasteiger partial charge in [-0.25, -0.2) is 4.98 Å². The highest BCUT2D eigenvalue weighted by Crippen LogP contribution is 2.21. The number of thiophene rings is 1. The molecule has 2 aromatic rings. The molecule has 2 aromatic heterocycles. The zero-order valence-electron chi connectivity index (χ0n) is 8.95. The summed E-state index contributed by atoms with van der Waals surface area (Å²) in [4.78, 5) is 19.1. The number of H-pyrrole nitrogens is 1. The molecular weight excluding hydrogens is 335 g/mol. The zero-order chi connectivity index (χ0) is 11.7. The van der Waals surface area contributed by atoms with E-state index in [-0.39, 0.29) is 11.5 Å². The van der Waals surface area contributed by atoms with Crippen LogP contribution in [0.2, 0.25) is 0 Å². The Labute approximate surface area is 111 Å². The van der Waals surface area contributed by atoms with E-state index in [0.717, 1.165) is 11.3 Å². The van der Waals surface area contributed by atoms with Crippen LogP contribution in [0.25, 0.3) is 11.4 Å². The summed E-state index contributed by atoms with van der Waals surface area (Å²) in [5.74, 6) is 0.918. The lowest BCUT2D eigenvalue weighted by Gasteiger charge is -2.08. The second kappa shape index (κ2) is 4.67. The van der Waals surface area contributed by atoms with E-state index in [4.69, 9.17) is 0 Å². The van der Waals surface area contributed by atoms with E-state index >= 15 is 0 Å². The highest BCUT2D eigenvalue weighted by Gasteiger charge is 2.12.